The van der Waals surface area contributed by atoms with Gasteiger partial charge in [0.1, 0.15) is 6.04 Å². The minimum absolute atomic E-state index is 0.0620. The first kappa shape index (κ1) is 19.5. The average Bonchev–Trinajstić information content (AvgIpc) is 3.18. The van der Waals surface area contributed by atoms with Gasteiger partial charge in [0.15, 0.2) is 12.4 Å². The molecule has 142 valence electrons. The van der Waals surface area contributed by atoms with Crippen molar-refractivity contribution in [2.24, 2.45) is 0 Å². The Kier molecular flexibility index (Phi) is 5.94. The van der Waals surface area contributed by atoms with Crippen molar-refractivity contribution >= 4 is 33.4 Å². The second kappa shape index (κ2) is 8.21. The minimum atomic E-state index is -3.85. The molecule has 0 saturated carbocycles. The molecule has 8 heteroatoms. The van der Waals surface area contributed by atoms with Crippen LogP contribution in [0.2, 0.25) is 5.02 Å². The number of esters is 1. The lowest BCUT2D eigenvalue weighted by Crippen LogP contribution is -2.41. The van der Waals surface area contributed by atoms with E-state index in [9.17, 15) is 18.0 Å². The lowest BCUT2D eigenvalue weighted by molar-refractivity contribution is -0.146. The highest BCUT2D eigenvalue weighted by molar-refractivity contribution is 7.89. The van der Waals surface area contributed by atoms with Crippen molar-refractivity contribution in [2.75, 3.05) is 13.2 Å². The van der Waals surface area contributed by atoms with Gasteiger partial charge in [-0.1, -0.05) is 41.9 Å². The lowest BCUT2D eigenvalue weighted by atomic mass is 10.1. The Hall–Kier alpha value is -2.22. The number of benzene rings is 2. The summed E-state index contributed by atoms with van der Waals surface area (Å²) in [5.41, 5.74) is 0.433. The molecule has 0 N–H and O–H groups in total. The summed E-state index contributed by atoms with van der Waals surface area (Å²) in [6, 6.07) is 13.3. The molecule has 0 radical (unpaired) electrons. The van der Waals surface area contributed by atoms with E-state index in [1.54, 1.807) is 30.3 Å². The topological polar surface area (TPSA) is 80.8 Å². The second-order valence-corrected chi connectivity index (χ2v) is 8.45. The maximum atomic E-state index is 12.8. The van der Waals surface area contributed by atoms with Crippen molar-refractivity contribution < 1.29 is 22.7 Å². The molecule has 0 spiro atoms. The second-order valence-electron chi connectivity index (χ2n) is 6.12. The highest BCUT2D eigenvalue weighted by Gasteiger charge is 2.40. The van der Waals surface area contributed by atoms with Crippen molar-refractivity contribution in [1.82, 2.24) is 4.31 Å². The van der Waals surface area contributed by atoms with Gasteiger partial charge in [0.25, 0.3) is 0 Å². The van der Waals surface area contributed by atoms with Gasteiger partial charge in [0.05, 0.1) is 4.90 Å². The molecule has 2 aromatic rings. The van der Waals surface area contributed by atoms with E-state index in [2.05, 4.69) is 0 Å². The van der Waals surface area contributed by atoms with Gasteiger partial charge in [-0.15, -0.1) is 0 Å². The van der Waals surface area contributed by atoms with Crippen LogP contribution in [-0.2, 0) is 19.6 Å². The molecule has 1 atom stereocenters. The van der Waals surface area contributed by atoms with Crippen LogP contribution in [0.1, 0.15) is 23.2 Å². The number of sulfonamides is 1. The Labute approximate surface area is 162 Å². The van der Waals surface area contributed by atoms with E-state index in [1.807, 2.05) is 0 Å². The summed E-state index contributed by atoms with van der Waals surface area (Å²) < 4.78 is 31.9. The number of carbonyl (C=O) groups is 2. The van der Waals surface area contributed by atoms with Gasteiger partial charge in [-0.25, -0.2) is 8.42 Å². The number of ketones is 1. The minimum Gasteiger partial charge on any atom is -0.456 e. The maximum Gasteiger partial charge on any atom is 0.324 e. The molecule has 6 nitrogen and oxygen atoms in total. The van der Waals surface area contributed by atoms with Gasteiger partial charge in [-0.3, -0.25) is 9.59 Å². The van der Waals surface area contributed by atoms with E-state index in [0.717, 1.165) is 4.31 Å². The number of Topliss-reactive ketones (excluding diaryl/α,β-unsaturated/α-hetero) is 1. The van der Waals surface area contributed by atoms with Crippen molar-refractivity contribution in [2.45, 2.75) is 23.8 Å². The van der Waals surface area contributed by atoms with Gasteiger partial charge in [-0.2, -0.15) is 4.31 Å². The van der Waals surface area contributed by atoms with E-state index >= 15 is 0 Å². The third kappa shape index (κ3) is 4.37. The van der Waals surface area contributed by atoms with Crippen LogP contribution in [0.25, 0.3) is 0 Å². The van der Waals surface area contributed by atoms with E-state index in [4.69, 9.17) is 16.3 Å². The summed E-state index contributed by atoms with van der Waals surface area (Å²) in [6.45, 7) is -0.203. The van der Waals surface area contributed by atoms with Crippen molar-refractivity contribution in [3.8, 4) is 0 Å². The number of ether oxygens (including phenoxy) is 1. The molecule has 1 unspecified atom stereocenters. The zero-order chi connectivity index (χ0) is 19.4. The molecular weight excluding hydrogens is 390 g/mol. The Balaban J connectivity index is 1.69. The Bertz CT molecular complexity index is 928. The predicted octanol–water partition coefficient (Wildman–Crippen LogP) is 2.92. The summed E-state index contributed by atoms with van der Waals surface area (Å²) in [5.74, 6) is -1.05. The smallest absolute Gasteiger partial charge is 0.324 e. The predicted molar refractivity (Wildman–Crippen MR) is 100 cm³/mol. The van der Waals surface area contributed by atoms with Crippen molar-refractivity contribution in [3.05, 3.63) is 65.2 Å². The van der Waals surface area contributed by atoms with Crippen LogP contribution in [0.5, 0.6) is 0 Å². The average molecular weight is 408 g/mol. The van der Waals surface area contributed by atoms with Gasteiger partial charge in [0, 0.05) is 17.1 Å². The molecule has 1 heterocycles. The van der Waals surface area contributed by atoms with E-state index in [0.29, 0.717) is 23.4 Å². The standard InChI is InChI=1S/C19H18ClNO5S/c20-15-8-10-16(11-9-15)27(24,25)21-12-4-7-17(21)19(23)26-13-18(22)14-5-2-1-3-6-14/h1-3,5-6,8-11,17H,4,7,12-13H2. The number of rotatable bonds is 6. The molecule has 27 heavy (non-hydrogen) atoms. The third-order valence-corrected chi connectivity index (χ3v) is 6.51. The molecule has 1 saturated heterocycles. The molecule has 0 aromatic heterocycles. The normalized spacial score (nSPS) is 17.6. The van der Waals surface area contributed by atoms with Gasteiger partial charge >= 0.3 is 5.97 Å². The molecule has 1 aliphatic rings. The van der Waals surface area contributed by atoms with Crippen LogP contribution in [0.4, 0.5) is 0 Å². The molecule has 0 aliphatic carbocycles. The SMILES string of the molecule is O=C(COC(=O)C1CCCN1S(=O)(=O)c1ccc(Cl)cc1)c1ccccc1. The van der Waals surface area contributed by atoms with Crippen LogP contribution in [-0.4, -0.2) is 43.7 Å². The van der Waals surface area contributed by atoms with Crippen molar-refractivity contribution in [1.29, 1.82) is 0 Å². The molecule has 3 rings (SSSR count). The number of halogens is 1. The van der Waals surface area contributed by atoms with Gasteiger partial charge in [-0.05, 0) is 37.1 Å². The number of hydrogen-bond acceptors (Lipinski definition) is 5. The highest BCUT2D eigenvalue weighted by Crippen LogP contribution is 2.27. The number of carbonyl (C=O) groups excluding carboxylic acids is 2. The largest absolute Gasteiger partial charge is 0.456 e. The van der Waals surface area contributed by atoms with Crippen LogP contribution < -0.4 is 0 Å². The summed E-state index contributed by atoms with van der Waals surface area (Å²) in [5, 5.41) is 0.422. The molecule has 0 amide bonds. The Morgan fingerprint density at radius 1 is 1.07 bits per heavy atom. The molecule has 1 fully saturated rings. The molecular formula is C19H18ClNO5S. The van der Waals surface area contributed by atoms with Gasteiger partial charge < -0.3 is 4.74 Å². The highest BCUT2D eigenvalue weighted by atomic mass is 35.5. The number of nitrogens with zero attached hydrogens (tertiary/aromatic N) is 1. The molecule has 0 bridgehead atoms. The molecule has 1 aliphatic heterocycles. The fourth-order valence-electron chi connectivity index (χ4n) is 2.95. The first-order valence-electron chi connectivity index (χ1n) is 8.42. The summed E-state index contributed by atoms with van der Waals surface area (Å²) in [7, 11) is -3.85. The van der Waals surface area contributed by atoms with E-state index in [-0.39, 0.29) is 17.2 Å². The summed E-state index contributed by atoms with van der Waals surface area (Å²) >= 11 is 5.81. The van der Waals surface area contributed by atoms with Crippen LogP contribution in [0.15, 0.2) is 59.5 Å². The lowest BCUT2D eigenvalue weighted by Gasteiger charge is -2.22. The quantitative estimate of drug-likeness (QED) is 0.543. The zero-order valence-electron chi connectivity index (χ0n) is 14.4. The van der Waals surface area contributed by atoms with Crippen LogP contribution in [0, 0.1) is 0 Å². The maximum absolute atomic E-state index is 12.8. The Morgan fingerprint density at radius 2 is 1.74 bits per heavy atom. The summed E-state index contributed by atoms with van der Waals surface area (Å²) in [6.07, 6.45) is 0.893. The third-order valence-electron chi connectivity index (χ3n) is 4.34. The monoisotopic (exact) mass is 407 g/mol. The fraction of sp³-hybridized carbons (Fsp3) is 0.263. The van der Waals surface area contributed by atoms with Crippen LogP contribution >= 0.6 is 11.6 Å². The fourth-order valence-corrected chi connectivity index (χ4v) is 4.72. The first-order valence-corrected chi connectivity index (χ1v) is 10.2. The van der Waals surface area contributed by atoms with E-state index in [1.165, 1.54) is 24.3 Å². The van der Waals surface area contributed by atoms with Gasteiger partial charge in [0.2, 0.25) is 10.0 Å². The first-order chi connectivity index (χ1) is 12.9. The van der Waals surface area contributed by atoms with Crippen molar-refractivity contribution in [3.63, 3.8) is 0 Å². The summed E-state index contributed by atoms with van der Waals surface area (Å²) in [4.78, 5) is 24.6. The number of hydrogen-bond donors (Lipinski definition) is 0. The Morgan fingerprint density at radius 3 is 2.41 bits per heavy atom. The molecule has 2 aromatic carbocycles. The van der Waals surface area contributed by atoms with E-state index < -0.39 is 28.6 Å². The zero-order valence-corrected chi connectivity index (χ0v) is 15.9. The van der Waals surface area contributed by atoms with Crippen LogP contribution in [0.3, 0.4) is 0 Å².